The van der Waals surface area contributed by atoms with Crippen LogP contribution in [0.3, 0.4) is 0 Å². The average Bonchev–Trinajstić information content (AvgIpc) is 2.30. The summed E-state index contributed by atoms with van der Waals surface area (Å²) in [5, 5.41) is 2.99. The van der Waals surface area contributed by atoms with Gasteiger partial charge in [-0.2, -0.15) is 0 Å². The van der Waals surface area contributed by atoms with Gasteiger partial charge in [0.05, 0.1) is 18.8 Å². The first-order valence-electron chi connectivity index (χ1n) is 6.89. The number of nitrogens with one attached hydrogen (secondary N) is 1. The number of nitrogens with zero attached hydrogens (tertiary/aromatic N) is 1. The van der Waals surface area contributed by atoms with Crippen LogP contribution in [0.5, 0.6) is 0 Å². The summed E-state index contributed by atoms with van der Waals surface area (Å²) < 4.78 is 5.54. The smallest absolute Gasteiger partial charge is 0.236 e. The Hall–Kier alpha value is -0.650. The van der Waals surface area contributed by atoms with Crippen LogP contribution in [0, 0.1) is 0 Å². The molecule has 1 heterocycles. The van der Waals surface area contributed by atoms with Crippen LogP contribution in [-0.4, -0.2) is 55.2 Å². The summed E-state index contributed by atoms with van der Waals surface area (Å²) in [5.74, 6) is -0.0448. The summed E-state index contributed by atoms with van der Waals surface area (Å²) in [6, 6.07) is -0.131. The number of amides is 1. The van der Waals surface area contributed by atoms with Gasteiger partial charge in [-0.05, 0) is 33.6 Å². The number of ether oxygens (including phenoxy) is 1. The molecule has 5 heteroatoms. The summed E-state index contributed by atoms with van der Waals surface area (Å²) in [6.45, 7) is 9.62. The van der Waals surface area contributed by atoms with Crippen LogP contribution in [0.25, 0.3) is 0 Å². The van der Waals surface area contributed by atoms with Crippen LogP contribution in [-0.2, 0) is 9.53 Å². The summed E-state index contributed by atoms with van der Waals surface area (Å²) in [4.78, 5) is 13.9. The van der Waals surface area contributed by atoms with Crippen molar-refractivity contribution in [3.8, 4) is 0 Å². The van der Waals surface area contributed by atoms with Gasteiger partial charge in [-0.1, -0.05) is 0 Å². The van der Waals surface area contributed by atoms with E-state index >= 15 is 0 Å². The van der Waals surface area contributed by atoms with Gasteiger partial charge < -0.3 is 20.7 Å². The third-order valence-corrected chi connectivity index (χ3v) is 3.21. The molecule has 1 atom stereocenters. The Balaban J connectivity index is 2.14. The Kier molecular flexibility index (Phi) is 6.60. The molecule has 0 aromatic carbocycles. The van der Waals surface area contributed by atoms with E-state index in [2.05, 4.69) is 24.1 Å². The number of carbonyl (C=O) groups excluding carboxylic acids is 1. The third-order valence-electron chi connectivity index (χ3n) is 3.21. The fourth-order valence-corrected chi connectivity index (χ4v) is 2.05. The number of hydrogen-bond donors (Lipinski definition) is 2. The lowest BCUT2D eigenvalue weighted by Gasteiger charge is -2.32. The molecule has 1 aliphatic rings. The molecule has 0 aromatic rings. The number of hydrogen-bond acceptors (Lipinski definition) is 4. The first-order valence-corrected chi connectivity index (χ1v) is 6.89. The Morgan fingerprint density at radius 2 is 2.00 bits per heavy atom. The van der Waals surface area contributed by atoms with Crippen molar-refractivity contribution in [2.24, 2.45) is 5.73 Å². The van der Waals surface area contributed by atoms with E-state index in [0.29, 0.717) is 6.10 Å². The van der Waals surface area contributed by atoms with E-state index in [9.17, 15) is 4.79 Å². The SMILES string of the molecule is CC(C)OCCN1CCC(NC(=O)[C@@H](C)N)CC1. The highest BCUT2D eigenvalue weighted by Gasteiger charge is 2.21. The van der Waals surface area contributed by atoms with Crippen LogP contribution in [0.1, 0.15) is 33.6 Å². The van der Waals surface area contributed by atoms with Crippen molar-refractivity contribution in [3.05, 3.63) is 0 Å². The van der Waals surface area contributed by atoms with Gasteiger partial charge in [0.2, 0.25) is 5.91 Å². The maximum absolute atomic E-state index is 11.5. The number of carbonyl (C=O) groups is 1. The van der Waals surface area contributed by atoms with Gasteiger partial charge in [0, 0.05) is 25.7 Å². The molecule has 1 aliphatic heterocycles. The summed E-state index contributed by atoms with van der Waals surface area (Å²) in [6.07, 6.45) is 2.30. The zero-order valence-corrected chi connectivity index (χ0v) is 11.8. The molecule has 1 saturated heterocycles. The molecule has 18 heavy (non-hydrogen) atoms. The van der Waals surface area contributed by atoms with Gasteiger partial charge in [-0.3, -0.25) is 4.79 Å². The summed E-state index contributed by atoms with van der Waals surface area (Å²) >= 11 is 0. The molecular formula is C13H27N3O2. The lowest BCUT2D eigenvalue weighted by molar-refractivity contribution is -0.123. The van der Waals surface area contributed by atoms with E-state index in [0.717, 1.165) is 39.1 Å². The minimum Gasteiger partial charge on any atom is -0.377 e. The first-order chi connectivity index (χ1) is 8.49. The molecule has 106 valence electrons. The lowest BCUT2D eigenvalue weighted by atomic mass is 10.0. The van der Waals surface area contributed by atoms with Crippen molar-refractivity contribution in [2.75, 3.05) is 26.2 Å². The molecule has 0 spiro atoms. The zero-order chi connectivity index (χ0) is 13.5. The topological polar surface area (TPSA) is 67.6 Å². The fraction of sp³-hybridized carbons (Fsp3) is 0.923. The molecule has 1 amide bonds. The standard InChI is InChI=1S/C13H27N3O2/c1-10(2)18-9-8-16-6-4-12(5-7-16)15-13(17)11(3)14/h10-12H,4-9,14H2,1-3H3,(H,15,17)/t11-/m1/s1. The van der Waals surface area contributed by atoms with Gasteiger partial charge in [0.15, 0.2) is 0 Å². The van der Waals surface area contributed by atoms with Crippen LogP contribution in [0.15, 0.2) is 0 Å². The van der Waals surface area contributed by atoms with Crippen molar-refractivity contribution in [3.63, 3.8) is 0 Å². The average molecular weight is 257 g/mol. The molecule has 3 N–H and O–H groups in total. The second kappa shape index (κ2) is 7.71. The zero-order valence-electron chi connectivity index (χ0n) is 11.8. The molecule has 0 aromatic heterocycles. The number of nitrogens with two attached hydrogens (primary N) is 1. The lowest BCUT2D eigenvalue weighted by Crippen LogP contribution is -2.49. The quantitative estimate of drug-likeness (QED) is 0.720. The van der Waals surface area contributed by atoms with Crippen LogP contribution >= 0.6 is 0 Å². The van der Waals surface area contributed by atoms with Crippen molar-refractivity contribution < 1.29 is 9.53 Å². The van der Waals surface area contributed by atoms with Gasteiger partial charge in [-0.25, -0.2) is 0 Å². The molecule has 5 nitrogen and oxygen atoms in total. The van der Waals surface area contributed by atoms with Crippen molar-refractivity contribution in [2.45, 2.75) is 51.8 Å². The monoisotopic (exact) mass is 257 g/mol. The number of piperidine rings is 1. The second-order valence-corrected chi connectivity index (χ2v) is 5.33. The van der Waals surface area contributed by atoms with Crippen LogP contribution < -0.4 is 11.1 Å². The molecule has 1 rings (SSSR count). The van der Waals surface area contributed by atoms with E-state index < -0.39 is 6.04 Å². The van der Waals surface area contributed by atoms with Crippen molar-refractivity contribution in [1.29, 1.82) is 0 Å². The highest BCUT2D eigenvalue weighted by Crippen LogP contribution is 2.10. The molecule has 0 radical (unpaired) electrons. The molecule has 0 unspecified atom stereocenters. The van der Waals surface area contributed by atoms with Gasteiger partial charge >= 0.3 is 0 Å². The number of rotatable bonds is 6. The minimum absolute atomic E-state index is 0.0448. The van der Waals surface area contributed by atoms with E-state index in [1.807, 2.05) is 0 Å². The Morgan fingerprint density at radius 1 is 1.39 bits per heavy atom. The Morgan fingerprint density at radius 3 is 2.50 bits per heavy atom. The van der Waals surface area contributed by atoms with Crippen molar-refractivity contribution >= 4 is 5.91 Å². The van der Waals surface area contributed by atoms with Gasteiger partial charge in [-0.15, -0.1) is 0 Å². The normalized spacial score (nSPS) is 20.1. The molecular weight excluding hydrogens is 230 g/mol. The minimum atomic E-state index is -0.414. The highest BCUT2D eigenvalue weighted by molar-refractivity contribution is 5.81. The predicted molar refractivity (Wildman–Crippen MR) is 72.3 cm³/mol. The van der Waals surface area contributed by atoms with E-state index in [1.54, 1.807) is 6.92 Å². The molecule has 0 saturated carbocycles. The molecule has 0 aliphatic carbocycles. The van der Waals surface area contributed by atoms with Gasteiger partial charge in [0.25, 0.3) is 0 Å². The highest BCUT2D eigenvalue weighted by atomic mass is 16.5. The number of likely N-dealkylation sites (tertiary alicyclic amines) is 1. The largest absolute Gasteiger partial charge is 0.377 e. The second-order valence-electron chi connectivity index (χ2n) is 5.33. The van der Waals surface area contributed by atoms with E-state index in [-0.39, 0.29) is 11.9 Å². The maximum atomic E-state index is 11.5. The predicted octanol–water partition coefficient (Wildman–Crippen LogP) is 0.339. The maximum Gasteiger partial charge on any atom is 0.236 e. The first kappa shape index (κ1) is 15.4. The Bertz CT molecular complexity index is 249. The molecule has 0 bridgehead atoms. The van der Waals surface area contributed by atoms with E-state index in [4.69, 9.17) is 10.5 Å². The van der Waals surface area contributed by atoms with E-state index in [1.165, 1.54) is 0 Å². The molecule has 1 fully saturated rings. The Labute approximate surface area is 110 Å². The van der Waals surface area contributed by atoms with Crippen LogP contribution in [0.4, 0.5) is 0 Å². The fourth-order valence-electron chi connectivity index (χ4n) is 2.05. The summed E-state index contributed by atoms with van der Waals surface area (Å²) in [7, 11) is 0. The summed E-state index contributed by atoms with van der Waals surface area (Å²) in [5.41, 5.74) is 5.54. The third kappa shape index (κ3) is 5.80. The van der Waals surface area contributed by atoms with Gasteiger partial charge in [0.1, 0.15) is 0 Å². The van der Waals surface area contributed by atoms with Crippen LogP contribution in [0.2, 0.25) is 0 Å². The van der Waals surface area contributed by atoms with Crippen molar-refractivity contribution in [1.82, 2.24) is 10.2 Å².